The highest BCUT2D eigenvalue weighted by Gasteiger charge is 2.07. The second kappa shape index (κ2) is 7.27. The highest BCUT2D eigenvalue weighted by molar-refractivity contribution is 9.10. The standard InChI is InChI=1S/C15H23BrN2/c1-13-5-6-14(12-15(13)16)4-2-9-18-10-3-7-17-8-11-18/h5-6,12,17H,2-4,7-11H2,1H3. The lowest BCUT2D eigenvalue weighted by Crippen LogP contribution is -2.29. The zero-order valence-corrected chi connectivity index (χ0v) is 12.8. The number of rotatable bonds is 4. The van der Waals surface area contributed by atoms with Gasteiger partial charge >= 0.3 is 0 Å². The van der Waals surface area contributed by atoms with Gasteiger partial charge < -0.3 is 10.2 Å². The first-order valence-electron chi connectivity index (χ1n) is 6.94. The molecule has 0 amide bonds. The lowest BCUT2D eigenvalue weighted by molar-refractivity contribution is 0.289. The number of nitrogens with zero attached hydrogens (tertiary/aromatic N) is 1. The van der Waals surface area contributed by atoms with E-state index in [1.54, 1.807) is 0 Å². The number of aryl methyl sites for hydroxylation is 2. The molecule has 0 aromatic heterocycles. The van der Waals surface area contributed by atoms with Gasteiger partial charge in [-0.25, -0.2) is 0 Å². The van der Waals surface area contributed by atoms with Crippen molar-refractivity contribution in [1.82, 2.24) is 10.2 Å². The molecule has 0 unspecified atom stereocenters. The Hall–Kier alpha value is -0.380. The molecule has 1 N–H and O–H groups in total. The lowest BCUT2D eigenvalue weighted by Gasteiger charge is -2.19. The van der Waals surface area contributed by atoms with Crippen molar-refractivity contribution in [3.63, 3.8) is 0 Å². The minimum absolute atomic E-state index is 1.15. The van der Waals surface area contributed by atoms with Gasteiger partial charge in [0.25, 0.3) is 0 Å². The van der Waals surface area contributed by atoms with Gasteiger partial charge in [0, 0.05) is 17.6 Å². The average Bonchev–Trinajstić information content (AvgIpc) is 2.62. The van der Waals surface area contributed by atoms with E-state index >= 15 is 0 Å². The van der Waals surface area contributed by atoms with Gasteiger partial charge in [-0.1, -0.05) is 28.1 Å². The summed E-state index contributed by atoms with van der Waals surface area (Å²) in [6, 6.07) is 6.72. The molecule has 100 valence electrons. The molecule has 1 heterocycles. The van der Waals surface area contributed by atoms with E-state index in [4.69, 9.17) is 0 Å². The van der Waals surface area contributed by atoms with E-state index in [1.807, 2.05) is 0 Å². The third-order valence-corrected chi connectivity index (χ3v) is 4.46. The number of hydrogen-bond donors (Lipinski definition) is 1. The molecule has 1 aromatic carbocycles. The molecule has 1 aliphatic rings. The zero-order chi connectivity index (χ0) is 12.8. The highest BCUT2D eigenvalue weighted by atomic mass is 79.9. The molecular weight excluding hydrogens is 288 g/mol. The maximum absolute atomic E-state index is 3.61. The molecule has 0 radical (unpaired) electrons. The van der Waals surface area contributed by atoms with E-state index in [0.29, 0.717) is 0 Å². The van der Waals surface area contributed by atoms with Crippen molar-refractivity contribution in [3.8, 4) is 0 Å². The maximum Gasteiger partial charge on any atom is 0.0207 e. The monoisotopic (exact) mass is 310 g/mol. The van der Waals surface area contributed by atoms with Crippen molar-refractivity contribution in [1.29, 1.82) is 0 Å². The summed E-state index contributed by atoms with van der Waals surface area (Å²) in [5.41, 5.74) is 2.76. The summed E-state index contributed by atoms with van der Waals surface area (Å²) in [5.74, 6) is 0. The SMILES string of the molecule is Cc1ccc(CCCN2CCCNCC2)cc1Br. The Labute approximate surface area is 119 Å². The molecule has 2 rings (SSSR count). The van der Waals surface area contributed by atoms with Crippen LogP contribution in [0.4, 0.5) is 0 Å². The van der Waals surface area contributed by atoms with Gasteiger partial charge in [0.05, 0.1) is 0 Å². The molecule has 0 atom stereocenters. The number of nitrogens with one attached hydrogen (secondary N) is 1. The fraction of sp³-hybridized carbons (Fsp3) is 0.600. The Morgan fingerprint density at radius 3 is 3.00 bits per heavy atom. The molecule has 3 heteroatoms. The van der Waals surface area contributed by atoms with Crippen LogP contribution in [-0.4, -0.2) is 37.6 Å². The van der Waals surface area contributed by atoms with Crippen LogP contribution in [0.25, 0.3) is 0 Å². The first-order valence-corrected chi connectivity index (χ1v) is 7.73. The summed E-state index contributed by atoms with van der Waals surface area (Å²) in [6.07, 6.45) is 3.73. The van der Waals surface area contributed by atoms with Gasteiger partial charge in [0.15, 0.2) is 0 Å². The van der Waals surface area contributed by atoms with Crippen molar-refractivity contribution < 1.29 is 0 Å². The van der Waals surface area contributed by atoms with Crippen LogP contribution >= 0.6 is 15.9 Å². The fourth-order valence-corrected chi connectivity index (χ4v) is 2.85. The van der Waals surface area contributed by atoms with Gasteiger partial charge in [-0.15, -0.1) is 0 Å². The molecule has 1 fully saturated rings. The topological polar surface area (TPSA) is 15.3 Å². The predicted octanol–water partition coefficient (Wildman–Crippen LogP) is 2.99. The fourth-order valence-electron chi connectivity index (χ4n) is 2.42. The van der Waals surface area contributed by atoms with E-state index in [1.165, 1.54) is 61.0 Å². The Morgan fingerprint density at radius 1 is 1.28 bits per heavy atom. The van der Waals surface area contributed by atoms with Crippen LogP contribution in [0, 0.1) is 6.92 Å². The normalized spacial score (nSPS) is 17.7. The first kappa shape index (κ1) is 14.0. The van der Waals surface area contributed by atoms with Crippen LogP contribution in [0.15, 0.2) is 22.7 Å². The van der Waals surface area contributed by atoms with Crippen molar-refractivity contribution in [3.05, 3.63) is 33.8 Å². The largest absolute Gasteiger partial charge is 0.315 e. The number of benzene rings is 1. The van der Waals surface area contributed by atoms with Gasteiger partial charge in [0.2, 0.25) is 0 Å². The number of halogens is 1. The van der Waals surface area contributed by atoms with Crippen molar-refractivity contribution in [2.24, 2.45) is 0 Å². The number of hydrogen-bond acceptors (Lipinski definition) is 2. The Balaban J connectivity index is 1.75. The van der Waals surface area contributed by atoms with E-state index in [0.717, 1.165) is 6.54 Å². The quantitative estimate of drug-likeness (QED) is 0.919. The second-order valence-electron chi connectivity index (χ2n) is 5.13. The summed E-state index contributed by atoms with van der Waals surface area (Å²) in [7, 11) is 0. The average molecular weight is 311 g/mol. The molecule has 0 aliphatic carbocycles. The second-order valence-corrected chi connectivity index (χ2v) is 5.99. The molecular formula is C15H23BrN2. The third kappa shape index (κ3) is 4.38. The summed E-state index contributed by atoms with van der Waals surface area (Å²) < 4.78 is 1.24. The van der Waals surface area contributed by atoms with Gasteiger partial charge in [0.1, 0.15) is 0 Å². The third-order valence-electron chi connectivity index (χ3n) is 3.61. The molecule has 1 saturated heterocycles. The molecule has 1 aliphatic heterocycles. The van der Waals surface area contributed by atoms with E-state index in [-0.39, 0.29) is 0 Å². The van der Waals surface area contributed by atoms with Crippen LogP contribution in [0.2, 0.25) is 0 Å². The van der Waals surface area contributed by atoms with Gasteiger partial charge in [-0.2, -0.15) is 0 Å². The van der Waals surface area contributed by atoms with Crippen LogP contribution in [0.1, 0.15) is 24.0 Å². The minimum Gasteiger partial charge on any atom is -0.315 e. The van der Waals surface area contributed by atoms with Gasteiger partial charge in [-0.05, 0) is 63.0 Å². The smallest absolute Gasteiger partial charge is 0.0207 e. The first-order chi connectivity index (χ1) is 8.75. The van der Waals surface area contributed by atoms with Crippen molar-refractivity contribution in [2.75, 3.05) is 32.7 Å². The van der Waals surface area contributed by atoms with Crippen LogP contribution < -0.4 is 5.32 Å². The molecule has 1 aromatic rings. The predicted molar refractivity (Wildman–Crippen MR) is 81.1 cm³/mol. The van der Waals surface area contributed by atoms with E-state index < -0.39 is 0 Å². The molecule has 0 saturated carbocycles. The molecule has 0 bridgehead atoms. The molecule has 18 heavy (non-hydrogen) atoms. The van der Waals surface area contributed by atoms with Crippen molar-refractivity contribution >= 4 is 15.9 Å². The summed E-state index contributed by atoms with van der Waals surface area (Å²) >= 11 is 3.61. The van der Waals surface area contributed by atoms with E-state index in [9.17, 15) is 0 Å². The molecule has 2 nitrogen and oxygen atoms in total. The minimum atomic E-state index is 1.15. The van der Waals surface area contributed by atoms with Crippen LogP contribution in [0.3, 0.4) is 0 Å². The lowest BCUT2D eigenvalue weighted by atomic mass is 10.1. The van der Waals surface area contributed by atoms with Crippen molar-refractivity contribution in [2.45, 2.75) is 26.2 Å². The van der Waals surface area contributed by atoms with Crippen LogP contribution in [-0.2, 0) is 6.42 Å². The molecule has 0 spiro atoms. The maximum atomic E-state index is 3.61. The summed E-state index contributed by atoms with van der Waals surface area (Å²) in [6.45, 7) is 8.16. The Bertz CT molecular complexity index is 371. The Kier molecular flexibility index (Phi) is 5.67. The summed E-state index contributed by atoms with van der Waals surface area (Å²) in [4.78, 5) is 2.59. The summed E-state index contributed by atoms with van der Waals surface area (Å²) in [5, 5.41) is 3.45. The Morgan fingerprint density at radius 2 is 2.17 bits per heavy atom. The highest BCUT2D eigenvalue weighted by Crippen LogP contribution is 2.18. The van der Waals surface area contributed by atoms with Gasteiger partial charge in [-0.3, -0.25) is 0 Å². The van der Waals surface area contributed by atoms with E-state index in [2.05, 4.69) is 51.3 Å². The van der Waals surface area contributed by atoms with Crippen LogP contribution in [0.5, 0.6) is 0 Å². The zero-order valence-electron chi connectivity index (χ0n) is 11.2.